The van der Waals surface area contributed by atoms with Crippen LogP contribution < -0.4 is 0 Å². The summed E-state index contributed by atoms with van der Waals surface area (Å²) in [4.78, 5) is 0. The van der Waals surface area contributed by atoms with Crippen molar-refractivity contribution in [3.8, 4) is 0 Å². The van der Waals surface area contributed by atoms with Crippen molar-refractivity contribution in [3.05, 3.63) is 0 Å². The first-order valence-corrected chi connectivity index (χ1v) is 3.76. The fourth-order valence-electron chi connectivity index (χ4n) is 0.287. The van der Waals surface area contributed by atoms with Crippen LogP contribution in [0.4, 0.5) is 0 Å². The van der Waals surface area contributed by atoms with E-state index >= 15 is 0 Å². The number of hydrogen-bond acceptors (Lipinski definition) is 4. The summed E-state index contributed by atoms with van der Waals surface area (Å²) < 4.78 is 23.4. The van der Waals surface area contributed by atoms with Crippen molar-refractivity contribution in [3.63, 3.8) is 0 Å². The molecule has 0 aliphatic rings. The summed E-state index contributed by atoms with van der Waals surface area (Å²) in [7, 11) is -3.61. The van der Waals surface area contributed by atoms with Gasteiger partial charge in [0, 0.05) is 22.4 Å². The molecule has 0 aromatic carbocycles. The van der Waals surface area contributed by atoms with E-state index in [0.717, 1.165) is 0 Å². The molecule has 0 atom stereocenters. The van der Waals surface area contributed by atoms with E-state index in [0.29, 0.717) is 6.42 Å². The molecule has 0 amide bonds. The zero-order valence-corrected chi connectivity index (χ0v) is 7.09. The molecule has 6 heteroatoms. The van der Waals surface area contributed by atoms with Crippen molar-refractivity contribution in [1.29, 1.82) is 0 Å². The Kier molecular flexibility index (Phi) is 7.38. The van der Waals surface area contributed by atoms with Crippen LogP contribution in [-0.4, -0.2) is 19.4 Å². The molecule has 0 spiro atoms. The predicted octanol–water partition coefficient (Wildman–Crippen LogP) is 0.213. The van der Waals surface area contributed by atoms with Crippen molar-refractivity contribution >= 4 is 10.1 Å². The zero-order chi connectivity index (χ0) is 6.62. The number of rotatable bonds is 3. The van der Waals surface area contributed by atoms with E-state index in [1.807, 2.05) is 0 Å². The normalized spacial score (nSPS) is 10.4. The van der Waals surface area contributed by atoms with Crippen LogP contribution >= 0.6 is 0 Å². The minimum absolute atomic E-state index is 0. The minimum atomic E-state index is -3.61. The molecule has 9 heavy (non-hydrogen) atoms. The van der Waals surface area contributed by atoms with Crippen molar-refractivity contribution in [2.75, 3.05) is 5.75 Å². The summed E-state index contributed by atoms with van der Waals surface area (Å²) in [5.41, 5.74) is 0. The average Bonchev–Trinajstić information content (AvgIpc) is 1.67. The molecule has 0 aliphatic carbocycles. The Balaban J connectivity index is 0. The van der Waals surface area contributed by atoms with Gasteiger partial charge in [0.05, 0.1) is 5.75 Å². The van der Waals surface area contributed by atoms with Gasteiger partial charge in [0.1, 0.15) is 0 Å². The van der Waals surface area contributed by atoms with E-state index in [1.54, 1.807) is 6.92 Å². The van der Waals surface area contributed by atoms with Gasteiger partial charge >= 0.3 is 0 Å². The molecule has 0 aromatic heterocycles. The molecule has 0 heterocycles. The number of hydrogen-bond donors (Lipinski definition) is 1. The van der Waals surface area contributed by atoms with Crippen molar-refractivity contribution in [2.24, 2.45) is 0 Å². The molecule has 0 saturated heterocycles. The average molecular weight is 248 g/mol. The Morgan fingerprint density at radius 3 is 2.11 bits per heavy atom. The first-order chi connectivity index (χ1) is 3.62. The first kappa shape index (κ1) is 12.3. The Morgan fingerprint density at radius 2 is 2.00 bits per heavy atom. The van der Waals surface area contributed by atoms with Gasteiger partial charge in [-0.3, -0.25) is 0 Å². The van der Waals surface area contributed by atoms with Crippen molar-refractivity contribution in [1.82, 2.24) is 0 Å². The summed E-state index contributed by atoms with van der Waals surface area (Å²) in [6.45, 7) is 1.68. The standard InChI is InChI=1S/C3H8O4S.Ag/c1-2-3-8(5,6)7-4;/h4H,2-3H2,1H3;. The second-order valence-electron chi connectivity index (χ2n) is 1.34. The summed E-state index contributed by atoms with van der Waals surface area (Å²) in [6.07, 6.45) is 0.447. The molecule has 0 aromatic rings. The Labute approximate surface area is 69.8 Å². The third kappa shape index (κ3) is 6.50. The SMILES string of the molecule is CCCS(=O)(=O)OO.[Ag]. The maximum atomic E-state index is 10.1. The van der Waals surface area contributed by atoms with Crippen molar-refractivity contribution in [2.45, 2.75) is 13.3 Å². The summed E-state index contributed by atoms with van der Waals surface area (Å²) in [5, 5.41) is 7.64. The van der Waals surface area contributed by atoms with Gasteiger partial charge in [-0.05, 0) is 6.42 Å². The molecule has 0 rings (SSSR count). The molecule has 0 bridgehead atoms. The maximum Gasteiger partial charge on any atom is 0.293 e. The minimum Gasteiger partial charge on any atom is -0.235 e. The van der Waals surface area contributed by atoms with Crippen LogP contribution in [0.15, 0.2) is 0 Å². The van der Waals surface area contributed by atoms with Gasteiger partial charge in [0.2, 0.25) is 0 Å². The molecule has 0 unspecified atom stereocenters. The van der Waals surface area contributed by atoms with Gasteiger partial charge in [-0.1, -0.05) is 6.92 Å². The Morgan fingerprint density at radius 1 is 1.56 bits per heavy atom. The smallest absolute Gasteiger partial charge is 0.235 e. The summed E-state index contributed by atoms with van der Waals surface area (Å²) in [6, 6.07) is 0. The van der Waals surface area contributed by atoms with E-state index < -0.39 is 10.1 Å². The summed E-state index contributed by atoms with van der Waals surface area (Å²) in [5.74, 6) is -0.135. The molecule has 1 N–H and O–H groups in total. The second kappa shape index (κ2) is 5.40. The van der Waals surface area contributed by atoms with Crippen LogP contribution in [0.2, 0.25) is 0 Å². The third-order valence-corrected chi connectivity index (χ3v) is 1.70. The monoisotopic (exact) mass is 247 g/mol. The van der Waals surface area contributed by atoms with Gasteiger partial charge in [-0.15, -0.1) is 4.33 Å². The van der Waals surface area contributed by atoms with Crippen LogP contribution in [0, 0.1) is 0 Å². The van der Waals surface area contributed by atoms with E-state index in [9.17, 15) is 8.42 Å². The molecule has 61 valence electrons. The maximum absolute atomic E-state index is 10.1. The fraction of sp³-hybridized carbons (Fsp3) is 1.00. The molecule has 4 nitrogen and oxygen atoms in total. The van der Waals surface area contributed by atoms with E-state index in [4.69, 9.17) is 5.26 Å². The van der Waals surface area contributed by atoms with E-state index in [2.05, 4.69) is 4.33 Å². The molecule has 0 aliphatic heterocycles. The Bertz CT molecular complexity index is 140. The van der Waals surface area contributed by atoms with Crippen molar-refractivity contribution < 1.29 is 40.4 Å². The van der Waals surface area contributed by atoms with Gasteiger partial charge in [-0.25, -0.2) is 5.26 Å². The molecular weight excluding hydrogens is 240 g/mol. The van der Waals surface area contributed by atoms with Gasteiger partial charge in [0.15, 0.2) is 0 Å². The van der Waals surface area contributed by atoms with Gasteiger partial charge in [-0.2, -0.15) is 8.42 Å². The van der Waals surface area contributed by atoms with Gasteiger partial charge < -0.3 is 0 Å². The Hall–Kier alpha value is 0.610. The molecule has 0 fully saturated rings. The summed E-state index contributed by atoms with van der Waals surface area (Å²) >= 11 is 0. The van der Waals surface area contributed by atoms with Crippen LogP contribution in [0.3, 0.4) is 0 Å². The topological polar surface area (TPSA) is 63.6 Å². The van der Waals surface area contributed by atoms with Crippen LogP contribution in [0.25, 0.3) is 0 Å². The van der Waals surface area contributed by atoms with Crippen LogP contribution in [-0.2, 0) is 36.8 Å². The first-order valence-electron chi connectivity index (χ1n) is 2.18. The van der Waals surface area contributed by atoms with E-state index in [1.165, 1.54) is 0 Å². The molecular formula is C3H8AgO4S. The molecule has 0 saturated carbocycles. The third-order valence-electron chi connectivity index (χ3n) is 0.568. The predicted molar refractivity (Wildman–Crippen MR) is 27.8 cm³/mol. The van der Waals surface area contributed by atoms with Crippen LogP contribution in [0.5, 0.6) is 0 Å². The largest absolute Gasteiger partial charge is 0.293 e. The quantitative estimate of drug-likeness (QED) is 0.440. The van der Waals surface area contributed by atoms with Gasteiger partial charge in [0.25, 0.3) is 10.1 Å². The van der Waals surface area contributed by atoms with Crippen LogP contribution in [0.1, 0.15) is 13.3 Å². The second-order valence-corrected chi connectivity index (χ2v) is 3.01. The van der Waals surface area contributed by atoms with E-state index in [-0.39, 0.29) is 28.1 Å². The molecule has 1 radical (unpaired) electrons. The fourth-order valence-corrected chi connectivity index (χ4v) is 0.862. The zero-order valence-electron chi connectivity index (χ0n) is 4.80.